The van der Waals surface area contributed by atoms with Crippen LogP contribution in [0, 0.1) is 5.92 Å². The van der Waals surface area contributed by atoms with Gasteiger partial charge in [0.2, 0.25) is 5.91 Å². The van der Waals surface area contributed by atoms with Crippen molar-refractivity contribution in [3.63, 3.8) is 0 Å². The molecule has 138 valence electrons. The summed E-state index contributed by atoms with van der Waals surface area (Å²) in [6.45, 7) is 0.430. The molecule has 1 aliphatic carbocycles. The van der Waals surface area contributed by atoms with E-state index in [9.17, 15) is 18.0 Å². The lowest BCUT2D eigenvalue weighted by molar-refractivity contribution is -0.153. The third kappa shape index (κ3) is 4.74. The number of carbonyl (C=O) groups excluding carboxylic acids is 1. The maximum atomic E-state index is 12.4. The number of hydrogen-bond donors (Lipinski definition) is 1. The maximum Gasteiger partial charge on any atom is 0.422 e. The molecule has 1 aliphatic rings. The molecule has 1 aromatic carbocycles. The molecule has 0 bridgehead atoms. The monoisotopic (exact) mass is 364 g/mol. The quantitative estimate of drug-likeness (QED) is 0.843. The van der Waals surface area contributed by atoms with E-state index in [1.165, 1.54) is 12.3 Å². The number of carbonyl (C=O) groups is 1. The van der Waals surface area contributed by atoms with Crippen LogP contribution in [0.5, 0.6) is 5.75 Å². The Kier molecular flexibility index (Phi) is 5.15. The van der Waals surface area contributed by atoms with Crippen LogP contribution in [0.15, 0.2) is 48.7 Å². The van der Waals surface area contributed by atoms with E-state index < -0.39 is 12.8 Å². The third-order valence-electron chi connectivity index (χ3n) is 4.32. The molecule has 1 amide bonds. The molecule has 0 aliphatic heterocycles. The Morgan fingerprint density at radius 3 is 2.62 bits per heavy atom. The number of nitrogens with one attached hydrogen (secondary N) is 1. The minimum absolute atomic E-state index is 0.0365. The van der Waals surface area contributed by atoms with Crippen molar-refractivity contribution in [1.82, 2.24) is 10.3 Å². The van der Waals surface area contributed by atoms with Crippen LogP contribution >= 0.6 is 0 Å². The Hall–Kier alpha value is -2.57. The Balaban J connectivity index is 1.52. The highest BCUT2D eigenvalue weighted by molar-refractivity contribution is 5.83. The average Bonchev–Trinajstić information content (AvgIpc) is 3.41. The second-order valence-electron chi connectivity index (χ2n) is 6.41. The summed E-state index contributed by atoms with van der Waals surface area (Å²) in [6, 6.07) is 12.5. The molecule has 1 N–H and O–H groups in total. The van der Waals surface area contributed by atoms with E-state index in [4.69, 9.17) is 0 Å². The van der Waals surface area contributed by atoms with E-state index in [-0.39, 0.29) is 29.5 Å². The van der Waals surface area contributed by atoms with E-state index in [1.807, 2.05) is 30.3 Å². The Labute approximate surface area is 149 Å². The van der Waals surface area contributed by atoms with Crippen LogP contribution in [0.3, 0.4) is 0 Å². The average molecular weight is 364 g/mol. The minimum atomic E-state index is -4.39. The summed E-state index contributed by atoms with van der Waals surface area (Å²) in [4.78, 5) is 16.4. The zero-order valence-electron chi connectivity index (χ0n) is 14.2. The first-order valence-electron chi connectivity index (χ1n) is 8.34. The van der Waals surface area contributed by atoms with Crippen molar-refractivity contribution in [3.8, 4) is 5.75 Å². The zero-order chi connectivity index (χ0) is 18.7. The second kappa shape index (κ2) is 7.35. The van der Waals surface area contributed by atoms with Crippen molar-refractivity contribution >= 4 is 5.91 Å². The lowest BCUT2D eigenvalue weighted by Crippen LogP contribution is -2.29. The number of halogens is 3. The van der Waals surface area contributed by atoms with Crippen molar-refractivity contribution in [3.05, 3.63) is 59.9 Å². The largest absolute Gasteiger partial charge is 0.483 e. The van der Waals surface area contributed by atoms with Crippen LogP contribution < -0.4 is 10.1 Å². The molecule has 4 nitrogen and oxygen atoms in total. The van der Waals surface area contributed by atoms with Crippen LogP contribution in [-0.4, -0.2) is 23.7 Å². The molecule has 1 heterocycles. The predicted octanol–water partition coefficient (Wildman–Crippen LogP) is 4.00. The van der Waals surface area contributed by atoms with Crippen LogP contribution in [0.4, 0.5) is 13.2 Å². The lowest BCUT2D eigenvalue weighted by Gasteiger charge is -2.14. The lowest BCUT2D eigenvalue weighted by atomic mass is 10.1. The van der Waals surface area contributed by atoms with Gasteiger partial charge in [-0.15, -0.1) is 0 Å². The third-order valence-corrected chi connectivity index (χ3v) is 4.32. The van der Waals surface area contributed by atoms with E-state index in [0.717, 1.165) is 12.0 Å². The fourth-order valence-corrected chi connectivity index (χ4v) is 2.85. The van der Waals surface area contributed by atoms with Gasteiger partial charge in [-0.05, 0) is 37.0 Å². The molecule has 2 aromatic rings. The summed E-state index contributed by atoms with van der Waals surface area (Å²) in [5.41, 5.74) is 1.72. The molecule has 7 heteroatoms. The number of pyridine rings is 1. The Bertz CT molecular complexity index is 748. The molecule has 0 spiro atoms. The van der Waals surface area contributed by atoms with Crippen molar-refractivity contribution < 1.29 is 22.7 Å². The number of hydrogen-bond acceptors (Lipinski definition) is 3. The van der Waals surface area contributed by atoms with Gasteiger partial charge in [-0.2, -0.15) is 13.2 Å². The number of alkyl halides is 3. The summed E-state index contributed by atoms with van der Waals surface area (Å²) in [6.07, 6.45) is -2.34. The maximum absolute atomic E-state index is 12.4. The molecular weight excluding hydrogens is 345 g/mol. The summed E-state index contributed by atoms with van der Waals surface area (Å²) in [5, 5.41) is 2.91. The van der Waals surface area contributed by atoms with Gasteiger partial charge in [-0.1, -0.05) is 30.3 Å². The number of amides is 1. The highest BCUT2D eigenvalue weighted by atomic mass is 19.4. The zero-order valence-corrected chi connectivity index (χ0v) is 14.2. The standard InChI is InChI=1S/C19H19F3N2O2/c1-12(17-8-7-14(10-23-17)26-11-19(20,21)22)24-18(25)16-9-15(16)13-5-3-2-4-6-13/h2-8,10,12,15-16H,9,11H2,1H3,(H,24,25)/t12-,15+,16-/m1/s1. The second-order valence-corrected chi connectivity index (χ2v) is 6.41. The molecule has 3 rings (SSSR count). The number of nitrogens with zero attached hydrogens (tertiary/aromatic N) is 1. The summed E-state index contributed by atoms with van der Waals surface area (Å²) in [5.74, 6) is 0.199. The normalized spacial score (nSPS) is 20.3. The van der Waals surface area contributed by atoms with Gasteiger partial charge in [-0.25, -0.2) is 0 Å². The molecule has 1 aromatic heterocycles. The van der Waals surface area contributed by atoms with Crippen LogP contribution in [0.25, 0.3) is 0 Å². The van der Waals surface area contributed by atoms with Crippen molar-refractivity contribution in [2.75, 3.05) is 6.61 Å². The molecule has 1 saturated carbocycles. The Morgan fingerprint density at radius 1 is 1.27 bits per heavy atom. The van der Waals surface area contributed by atoms with Crippen LogP contribution in [0.1, 0.15) is 36.6 Å². The first kappa shape index (κ1) is 18.2. The molecular formula is C19H19F3N2O2. The fourth-order valence-electron chi connectivity index (χ4n) is 2.85. The SMILES string of the molecule is C[C@@H](NC(=O)[C@@H]1C[C@H]1c1ccccc1)c1ccc(OCC(F)(F)F)cn1. The summed E-state index contributed by atoms with van der Waals surface area (Å²) >= 11 is 0. The molecule has 0 saturated heterocycles. The van der Waals surface area contributed by atoms with Gasteiger partial charge in [0.05, 0.1) is 17.9 Å². The van der Waals surface area contributed by atoms with Gasteiger partial charge in [0.25, 0.3) is 0 Å². The Morgan fingerprint density at radius 2 is 2.00 bits per heavy atom. The van der Waals surface area contributed by atoms with Crippen molar-refractivity contribution in [2.24, 2.45) is 5.92 Å². The first-order chi connectivity index (χ1) is 12.3. The predicted molar refractivity (Wildman–Crippen MR) is 89.6 cm³/mol. The highest BCUT2D eigenvalue weighted by Gasteiger charge is 2.44. The fraction of sp³-hybridized carbons (Fsp3) is 0.368. The van der Waals surface area contributed by atoms with Gasteiger partial charge in [0.1, 0.15) is 5.75 Å². The first-order valence-corrected chi connectivity index (χ1v) is 8.34. The summed E-state index contributed by atoms with van der Waals surface area (Å²) < 4.78 is 41.0. The molecule has 3 atom stereocenters. The van der Waals surface area contributed by atoms with Gasteiger partial charge in [0, 0.05) is 5.92 Å². The van der Waals surface area contributed by atoms with Gasteiger partial charge < -0.3 is 10.1 Å². The van der Waals surface area contributed by atoms with E-state index in [1.54, 1.807) is 13.0 Å². The minimum Gasteiger partial charge on any atom is -0.483 e. The van der Waals surface area contributed by atoms with Gasteiger partial charge in [-0.3, -0.25) is 9.78 Å². The molecule has 0 radical (unpaired) electrons. The van der Waals surface area contributed by atoms with Crippen LogP contribution in [-0.2, 0) is 4.79 Å². The van der Waals surface area contributed by atoms with Crippen molar-refractivity contribution in [1.29, 1.82) is 0 Å². The van der Waals surface area contributed by atoms with E-state index in [2.05, 4.69) is 15.0 Å². The topological polar surface area (TPSA) is 51.2 Å². The summed E-state index contributed by atoms with van der Waals surface area (Å²) in [7, 11) is 0. The van der Waals surface area contributed by atoms with Gasteiger partial charge in [0.15, 0.2) is 6.61 Å². The highest BCUT2D eigenvalue weighted by Crippen LogP contribution is 2.47. The van der Waals surface area contributed by atoms with E-state index in [0.29, 0.717) is 5.69 Å². The molecule has 1 fully saturated rings. The smallest absolute Gasteiger partial charge is 0.422 e. The van der Waals surface area contributed by atoms with E-state index >= 15 is 0 Å². The number of benzene rings is 1. The van der Waals surface area contributed by atoms with Crippen LogP contribution in [0.2, 0.25) is 0 Å². The van der Waals surface area contributed by atoms with Gasteiger partial charge >= 0.3 is 6.18 Å². The number of rotatable bonds is 6. The molecule has 26 heavy (non-hydrogen) atoms. The van der Waals surface area contributed by atoms with Crippen molar-refractivity contribution in [2.45, 2.75) is 31.5 Å². The number of ether oxygens (including phenoxy) is 1. The molecule has 0 unspecified atom stereocenters. The number of aromatic nitrogens is 1.